The summed E-state index contributed by atoms with van der Waals surface area (Å²) >= 11 is 0. The van der Waals surface area contributed by atoms with Gasteiger partial charge >= 0.3 is 6.18 Å². The summed E-state index contributed by atoms with van der Waals surface area (Å²) in [6, 6.07) is 9.93. The molecule has 0 atom stereocenters. The number of alkyl halides is 3. The number of hydrogen-bond acceptors (Lipinski definition) is 4. The lowest BCUT2D eigenvalue weighted by atomic mass is 9.93. The van der Waals surface area contributed by atoms with Crippen LogP contribution >= 0.6 is 0 Å². The van der Waals surface area contributed by atoms with Gasteiger partial charge in [0.2, 0.25) is 0 Å². The molecule has 2 aromatic heterocycles. The smallest absolute Gasteiger partial charge is 0.416 e. The van der Waals surface area contributed by atoms with Crippen LogP contribution in [0.25, 0.3) is 22.6 Å². The Morgan fingerprint density at radius 3 is 2.36 bits per heavy atom. The Morgan fingerprint density at radius 2 is 1.84 bits per heavy atom. The highest BCUT2D eigenvalue weighted by atomic mass is 19.4. The lowest BCUT2D eigenvalue weighted by molar-refractivity contribution is -0.137. The molecule has 4 nitrogen and oxygen atoms in total. The lowest BCUT2D eigenvalue weighted by Gasteiger charge is -2.14. The van der Waals surface area contributed by atoms with Gasteiger partial charge in [0.05, 0.1) is 11.8 Å². The second-order valence-corrected chi connectivity index (χ2v) is 5.38. The van der Waals surface area contributed by atoms with E-state index in [1.54, 1.807) is 19.1 Å². The Hall–Kier alpha value is -3.27. The summed E-state index contributed by atoms with van der Waals surface area (Å²) < 4.78 is 43.6. The van der Waals surface area contributed by atoms with Gasteiger partial charge in [-0.25, -0.2) is 4.98 Å². The van der Waals surface area contributed by atoms with E-state index in [4.69, 9.17) is 10.2 Å². The summed E-state index contributed by atoms with van der Waals surface area (Å²) in [6.45, 7) is 1.72. The van der Waals surface area contributed by atoms with E-state index in [9.17, 15) is 18.4 Å². The largest absolute Gasteiger partial charge is 0.463 e. The number of aromatic nitrogens is 1. The normalized spacial score (nSPS) is 11.3. The van der Waals surface area contributed by atoms with Gasteiger partial charge in [0.15, 0.2) is 5.76 Å². The molecule has 25 heavy (non-hydrogen) atoms. The number of halogens is 3. The molecule has 0 spiro atoms. The Labute approximate surface area is 141 Å². The molecule has 0 fully saturated rings. The van der Waals surface area contributed by atoms with Crippen LogP contribution in [0.4, 0.5) is 19.0 Å². The summed E-state index contributed by atoms with van der Waals surface area (Å²) in [5.41, 5.74) is 7.17. The van der Waals surface area contributed by atoms with E-state index < -0.39 is 11.7 Å². The Bertz CT molecular complexity index is 953. The molecule has 0 aliphatic rings. The molecule has 3 aromatic rings. The zero-order valence-electron chi connectivity index (χ0n) is 13.1. The summed E-state index contributed by atoms with van der Waals surface area (Å²) in [4.78, 5) is 4.21. The van der Waals surface area contributed by atoms with Gasteiger partial charge in [-0.2, -0.15) is 18.4 Å². The number of anilines is 1. The van der Waals surface area contributed by atoms with Crippen molar-refractivity contribution in [2.24, 2.45) is 0 Å². The summed E-state index contributed by atoms with van der Waals surface area (Å²) in [6.07, 6.45) is -2.95. The molecular weight excluding hydrogens is 331 g/mol. The van der Waals surface area contributed by atoms with Crippen LogP contribution in [-0.2, 0) is 6.18 Å². The van der Waals surface area contributed by atoms with E-state index >= 15 is 0 Å². The average molecular weight is 343 g/mol. The molecule has 0 saturated carbocycles. The van der Waals surface area contributed by atoms with Gasteiger partial charge in [-0.05, 0) is 42.3 Å². The zero-order chi connectivity index (χ0) is 18.2. The van der Waals surface area contributed by atoms with E-state index in [2.05, 4.69) is 4.98 Å². The van der Waals surface area contributed by atoms with Crippen LogP contribution in [0.1, 0.15) is 16.7 Å². The van der Waals surface area contributed by atoms with Crippen molar-refractivity contribution in [3.63, 3.8) is 0 Å². The van der Waals surface area contributed by atoms with Crippen molar-refractivity contribution in [1.29, 1.82) is 5.26 Å². The van der Waals surface area contributed by atoms with Gasteiger partial charge in [-0.3, -0.25) is 0 Å². The number of nitrogen functional groups attached to an aromatic ring is 1. The SMILES string of the molecule is Cc1c(-c2ccco2)nc(N)c(C#N)c1-c1ccc(C(F)(F)F)cc1. The van der Waals surface area contributed by atoms with Crippen LogP contribution in [0.5, 0.6) is 0 Å². The highest BCUT2D eigenvalue weighted by Crippen LogP contribution is 2.37. The fraction of sp³-hybridized carbons (Fsp3) is 0.111. The lowest BCUT2D eigenvalue weighted by Crippen LogP contribution is -2.05. The molecule has 2 N–H and O–H groups in total. The number of pyridine rings is 1. The minimum absolute atomic E-state index is 0.00519. The number of furan rings is 1. The number of hydrogen-bond donors (Lipinski definition) is 1. The monoisotopic (exact) mass is 343 g/mol. The van der Waals surface area contributed by atoms with Crippen LogP contribution in [0, 0.1) is 18.3 Å². The molecule has 2 heterocycles. The van der Waals surface area contributed by atoms with Crippen molar-refractivity contribution in [3.8, 4) is 28.7 Å². The van der Waals surface area contributed by atoms with Crippen LogP contribution in [0.15, 0.2) is 47.1 Å². The fourth-order valence-corrected chi connectivity index (χ4v) is 2.65. The molecule has 3 rings (SSSR count). The predicted octanol–water partition coefficient (Wildman–Crippen LogP) is 4.79. The Kier molecular flexibility index (Phi) is 3.97. The predicted molar refractivity (Wildman–Crippen MR) is 86.2 cm³/mol. The molecule has 0 saturated heterocycles. The van der Waals surface area contributed by atoms with Crippen molar-refractivity contribution in [2.75, 3.05) is 5.73 Å². The first-order chi connectivity index (χ1) is 11.8. The average Bonchev–Trinajstić information content (AvgIpc) is 3.10. The van der Waals surface area contributed by atoms with E-state index in [1.165, 1.54) is 18.4 Å². The van der Waals surface area contributed by atoms with E-state index in [0.717, 1.165) is 12.1 Å². The summed E-state index contributed by atoms with van der Waals surface area (Å²) in [5, 5.41) is 9.42. The van der Waals surface area contributed by atoms with Crippen molar-refractivity contribution in [1.82, 2.24) is 4.98 Å². The molecular formula is C18H12F3N3O. The van der Waals surface area contributed by atoms with Crippen molar-refractivity contribution in [3.05, 3.63) is 59.4 Å². The van der Waals surface area contributed by atoms with E-state index in [0.29, 0.717) is 28.1 Å². The van der Waals surface area contributed by atoms with Gasteiger partial charge in [0.25, 0.3) is 0 Å². The van der Waals surface area contributed by atoms with Crippen LogP contribution in [0.2, 0.25) is 0 Å². The number of nitrogens with zero attached hydrogens (tertiary/aromatic N) is 2. The molecule has 0 bridgehead atoms. The van der Waals surface area contributed by atoms with Gasteiger partial charge in [-0.15, -0.1) is 0 Å². The molecule has 7 heteroatoms. The maximum absolute atomic E-state index is 12.8. The molecule has 1 aromatic carbocycles. The minimum Gasteiger partial charge on any atom is -0.463 e. The van der Waals surface area contributed by atoms with E-state index in [-0.39, 0.29) is 11.4 Å². The maximum atomic E-state index is 12.8. The molecule has 0 amide bonds. The zero-order valence-corrected chi connectivity index (χ0v) is 13.1. The van der Waals surface area contributed by atoms with Gasteiger partial charge < -0.3 is 10.2 Å². The van der Waals surface area contributed by atoms with Gasteiger partial charge in [0, 0.05) is 5.56 Å². The van der Waals surface area contributed by atoms with Gasteiger partial charge in [-0.1, -0.05) is 12.1 Å². The van der Waals surface area contributed by atoms with Crippen molar-refractivity contribution >= 4 is 5.82 Å². The van der Waals surface area contributed by atoms with Crippen molar-refractivity contribution < 1.29 is 17.6 Å². The standard InChI is InChI=1S/C18H12F3N3O/c1-10-15(11-4-6-12(7-5-11)18(19,20)21)13(9-22)17(23)24-16(10)14-3-2-8-25-14/h2-8H,1H3,(H2,23,24). The molecule has 0 aliphatic heterocycles. The molecule has 0 aliphatic carbocycles. The summed E-state index contributed by atoms with van der Waals surface area (Å²) in [7, 11) is 0. The third-order valence-electron chi connectivity index (χ3n) is 3.84. The fourth-order valence-electron chi connectivity index (χ4n) is 2.65. The minimum atomic E-state index is -4.43. The van der Waals surface area contributed by atoms with Crippen LogP contribution in [-0.4, -0.2) is 4.98 Å². The van der Waals surface area contributed by atoms with Crippen LogP contribution < -0.4 is 5.73 Å². The molecule has 126 valence electrons. The maximum Gasteiger partial charge on any atom is 0.416 e. The number of benzene rings is 1. The highest BCUT2D eigenvalue weighted by molar-refractivity contribution is 5.83. The topological polar surface area (TPSA) is 75.8 Å². The second kappa shape index (κ2) is 5.98. The number of rotatable bonds is 2. The third-order valence-corrected chi connectivity index (χ3v) is 3.84. The van der Waals surface area contributed by atoms with Crippen LogP contribution in [0.3, 0.4) is 0 Å². The quantitative estimate of drug-likeness (QED) is 0.726. The third kappa shape index (κ3) is 2.94. The Balaban J connectivity index is 2.23. The van der Waals surface area contributed by atoms with Crippen molar-refractivity contribution in [2.45, 2.75) is 13.1 Å². The second-order valence-electron chi connectivity index (χ2n) is 5.38. The molecule has 0 radical (unpaired) electrons. The first-order valence-corrected chi connectivity index (χ1v) is 7.24. The van der Waals surface area contributed by atoms with Gasteiger partial charge in [0.1, 0.15) is 23.1 Å². The number of nitrogens with two attached hydrogens (primary N) is 1. The van der Waals surface area contributed by atoms with E-state index in [1.807, 2.05) is 6.07 Å². The summed E-state index contributed by atoms with van der Waals surface area (Å²) in [5.74, 6) is 0.455. The Morgan fingerprint density at radius 1 is 1.16 bits per heavy atom. The number of nitriles is 1. The molecule has 0 unspecified atom stereocenters. The highest BCUT2D eigenvalue weighted by Gasteiger charge is 2.30. The first kappa shape index (κ1) is 16.6. The first-order valence-electron chi connectivity index (χ1n) is 7.24.